The smallest absolute Gasteiger partial charge is 0.316 e. The Morgan fingerprint density at radius 1 is 1.42 bits per heavy atom. The number of nitrogens with zero attached hydrogens (tertiary/aromatic N) is 3. The van der Waals surface area contributed by atoms with Gasteiger partial charge in [0.05, 0.1) is 23.0 Å². The Labute approximate surface area is 191 Å². The molecule has 10 heteroatoms. The molecule has 3 heterocycles. The number of aliphatic hydroxyl groups is 2. The maximum atomic E-state index is 12.3. The SMILES string of the molecule is CC(O)CNC(=O)c1nc(-c2cnc3[nH]ccc3c2N[C@H]2CC[C@]3(O)CC(C)C[C@H]2C3)no1. The average Bonchev–Trinajstić information content (AvgIpc) is 3.43. The van der Waals surface area contributed by atoms with Crippen molar-refractivity contribution >= 4 is 22.6 Å². The summed E-state index contributed by atoms with van der Waals surface area (Å²) in [5, 5.41) is 31.5. The summed E-state index contributed by atoms with van der Waals surface area (Å²) >= 11 is 0. The third-order valence-electron chi connectivity index (χ3n) is 6.90. The van der Waals surface area contributed by atoms with Crippen LogP contribution in [0.2, 0.25) is 0 Å². The Hall–Kier alpha value is -2.98. The fourth-order valence-electron chi connectivity index (χ4n) is 5.52. The molecule has 2 fully saturated rings. The van der Waals surface area contributed by atoms with Gasteiger partial charge in [-0.1, -0.05) is 12.1 Å². The number of rotatable bonds is 6. The van der Waals surface area contributed by atoms with Crippen LogP contribution in [0.25, 0.3) is 22.4 Å². The molecule has 1 amide bonds. The second-order valence-electron chi connectivity index (χ2n) is 9.79. The van der Waals surface area contributed by atoms with E-state index in [1.165, 1.54) is 0 Å². The van der Waals surface area contributed by atoms with E-state index in [1.54, 1.807) is 13.1 Å². The number of carbonyl (C=O) groups excluding carboxylic acids is 1. The van der Waals surface area contributed by atoms with Crippen molar-refractivity contribution in [3.05, 3.63) is 24.4 Å². The molecular formula is C23H30N6O4. The zero-order valence-corrected chi connectivity index (χ0v) is 18.8. The number of carbonyl (C=O) groups is 1. The summed E-state index contributed by atoms with van der Waals surface area (Å²) in [7, 11) is 0. The normalized spacial score (nSPS) is 27.9. The maximum absolute atomic E-state index is 12.3. The maximum Gasteiger partial charge on any atom is 0.316 e. The minimum absolute atomic E-state index is 0.0913. The van der Waals surface area contributed by atoms with Crippen LogP contribution in [-0.2, 0) is 0 Å². The molecule has 176 valence electrons. The van der Waals surface area contributed by atoms with Gasteiger partial charge in [0.15, 0.2) is 0 Å². The molecule has 0 radical (unpaired) electrons. The first-order chi connectivity index (χ1) is 15.8. The van der Waals surface area contributed by atoms with Crippen molar-refractivity contribution < 1.29 is 19.5 Å². The zero-order valence-electron chi connectivity index (χ0n) is 18.8. The largest absolute Gasteiger partial charge is 0.392 e. The van der Waals surface area contributed by atoms with Gasteiger partial charge in [0.25, 0.3) is 0 Å². The van der Waals surface area contributed by atoms with E-state index in [-0.39, 0.29) is 24.3 Å². The van der Waals surface area contributed by atoms with Crippen molar-refractivity contribution in [1.82, 2.24) is 25.4 Å². The van der Waals surface area contributed by atoms with Gasteiger partial charge in [-0.15, -0.1) is 0 Å². The van der Waals surface area contributed by atoms with Crippen LogP contribution in [0.5, 0.6) is 0 Å². The van der Waals surface area contributed by atoms with Crippen molar-refractivity contribution in [3.8, 4) is 11.4 Å². The molecule has 3 aromatic heterocycles. The number of hydrogen-bond acceptors (Lipinski definition) is 8. The molecule has 2 aliphatic carbocycles. The molecule has 2 saturated carbocycles. The van der Waals surface area contributed by atoms with Gasteiger partial charge < -0.3 is 30.4 Å². The van der Waals surface area contributed by atoms with Gasteiger partial charge >= 0.3 is 11.8 Å². The van der Waals surface area contributed by atoms with Crippen LogP contribution >= 0.6 is 0 Å². The number of fused-ring (bicyclic) bond motifs is 3. The van der Waals surface area contributed by atoms with Crippen LogP contribution in [0, 0.1) is 11.8 Å². The average molecular weight is 455 g/mol. The van der Waals surface area contributed by atoms with E-state index in [0.29, 0.717) is 17.4 Å². The Morgan fingerprint density at radius 2 is 2.27 bits per heavy atom. The minimum atomic E-state index is -0.678. The number of anilines is 1. The summed E-state index contributed by atoms with van der Waals surface area (Å²) in [5.41, 5.74) is 1.67. The van der Waals surface area contributed by atoms with Crippen LogP contribution in [0.1, 0.15) is 56.6 Å². The quantitative estimate of drug-likeness (QED) is 0.381. The second kappa shape index (κ2) is 8.42. The predicted molar refractivity (Wildman–Crippen MR) is 121 cm³/mol. The number of aromatic amines is 1. The molecular weight excluding hydrogens is 424 g/mol. The van der Waals surface area contributed by atoms with Gasteiger partial charge in [0.1, 0.15) is 5.65 Å². The van der Waals surface area contributed by atoms with E-state index >= 15 is 0 Å². The number of amides is 1. The van der Waals surface area contributed by atoms with Crippen molar-refractivity contribution in [2.45, 2.75) is 63.7 Å². The molecule has 33 heavy (non-hydrogen) atoms. The first-order valence-electron chi connectivity index (χ1n) is 11.6. The Bertz CT molecular complexity index is 1160. The van der Waals surface area contributed by atoms with Crippen molar-refractivity contribution in [2.24, 2.45) is 11.8 Å². The highest BCUT2D eigenvalue weighted by Crippen LogP contribution is 2.46. The van der Waals surface area contributed by atoms with Gasteiger partial charge in [-0.05, 0) is 56.9 Å². The molecule has 0 saturated heterocycles. The summed E-state index contributed by atoms with van der Waals surface area (Å²) in [6.07, 6.45) is 7.24. The van der Waals surface area contributed by atoms with Crippen molar-refractivity contribution in [2.75, 3.05) is 11.9 Å². The van der Waals surface area contributed by atoms with Crippen molar-refractivity contribution in [3.63, 3.8) is 0 Å². The topological polar surface area (TPSA) is 149 Å². The lowest BCUT2D eigenvalue weighted by molar-refractivity contribution is -0.0677. The summed E-state index contributed by atoms with van der Waals surface area (Å²) < 4.78 is 5.19. The Morgan fingerprint density at radius 3 is 3.09 bits per heavy atom. The van der Waals surface area contributed by atoms with Crippen LogP contribution < -0.4 is 10.6 Å². The fourth-order valence-corrected chi connectivity index (χ4v) is 5.52. The standard InChI is InChI=1S/C23H30N6O4/c1-12-7-14-9-23(32,8-12)5-3-17(14)27-18-15-4-6-24-19(15)25-11-16(18)20-28-22(33-29-20)21(31)26-10-13(2)30/h4,6,11-14,17,30,32H,3,5,7-10H2,1-2H3,(H,26,31)(H2,24,25,27)/t12?,13?,14-,17-,23-/m0/s1. The third-order valence-corrected chi connectivity index (χ3v) is 6.90. The van der Waals surface area contributed by atoms with E-state index in [2.05, 4.69) is 37.7 Å². The Balaban J connectivity index is 1.45. The number of H-pyrrole nitrogens is 1. The molecule has 0 aliphatic heterocycles. The predicted octanol–water partition coefficient (Wildman–Crippen LogP) is 2.47. The van der Waals surface area contributed by atoms with Gasteiger partial charge in [0.2, 0.25) is 5.82 Å². The molecule has 2 aliphatic rings. The van der Waals surface area contributed by atoms with E-state index in [4.69, 9.17) is 4.52 Å². The summed E-state index contributed by atoms with van der Waals surface area (Å²) in [4.78, 5) is 24.2. The van der Waals surface area contributed by atoms with Crippen molar-refractivity contribution in [1.29, 1.82) is 0 Å². The number of hydrogen-bond donors (Lipinski definition) is 5. The highest BCUT2D eigenvalue weighted by Gasteiger charge is 2.44. The van der Waals surface area contributed by atoms with Gasteiger partial charge in [-0.3, -0.25) is 4.79 Å². The minimum Gasteiger partial charge on any atom is -0.392 e. The van der Waals surface area contributed by atoms with Crippen LogP contribution in [0.4, 0.5) is 5.69 Å². The summed E-state index contributed by atoms with van der Waals surface area (Å²) in [6.45, 7) is 3.88. The van der Waals surface area contributed by atoms with Gasteiger partial charge in [-0.2, -0.15) is 4.98 Å². The molecule has 0 spiro atoms. The summed E-state index contributed by atoms with van der Waals surface area (Å²) in [5.74, 6) is 0.411. The third kappa shape index (κ3) is 4.32. The van der Waals surface area contributed by atoms with E-state index in [9.17, 15) is 15.0 Å². The first kappa shape index (κ1) is 21.8. The lowest BCUT2D eigenvalue weighted by Gasteiger charge is -2.48. The summed E-state index contributed by atoms with van der Waals surface area (Å²) in [6, 6.07) is 2.15. The van der Waals surface area contributed by atoms with Gasteiger partial charge in [0, 0.05) is 30.4 Å². The van der Waals surface area contributed by atoms with E-state index in [0.717, 1.165) is 48.8 Å². The highest BCUT2D eigenvalue weighted by atomic mass is 16.5. The molecule has 2 unspecified atom stereocenters. The first-order valence-corrected chi connectivity index (χ1v) is 11.6. The second-order valence-corrected chi connectivity index (χ2v) is 9.79. The molecule has 5 atom stereocenters. The van der Waals surface area contributed by atoms with Gasteiger partial charge in [-0.25, -0.2) is 4.98 Å². The highest BCUT2D eigenvalue weighted by molar-refractivity contribution is 5.97. The zero-order chi connectivity index (χ0) is 23.2. The van der Waals surface area contributed by atoms with E-state index < -0.39 is 17.6 Å². The molecule has 2 bridgehead atoms. The number of aromatic nitrogens is 4. The molecule has 10 nitrogen and oxygen atoms in total. The molecule has 0 aromatic carbocycles. The Kier molecular flexibility index (Phi) is 5.57. The molecule has 5 N–H and O–H groups in total. The lowest BCUT2D eigenvalue weighted by Crippen LogP contribution is -2.49. The fraction of sp³-hybridized carbons (Fsp3) is 0.565. The number of aliphatic hydroxyl groups excluding tert-OH is 1. The van der Waals surface area contributed by atoms with E-state index in [1.807, 2.05) is 12.3 Å². The lowest BCUT2D eigenvalue weighted by atomic mass is 9.64. The molecule has 3 aromatic rings. The van der Waals surface area contributed by atoms with Crippen LogP contribution in [0.3, 0.4) is 0 Å². The number of nitrogens with one attached hydrogen (secondary N) is 3. The number of pyridine rings is 1. The van der Waals surface area contributed by atoms with Crippen LogP contribution in [-0.4, -0.2) is 60.5 Å². The molecule has 5 rings (SSSR count). The monoisotopic (exact) mass is 454 g/mol. The van der Waals surface area contributed by atoms with Crippen LogP contribution in [0.15, 0.2) is 23.0 Å².